The third-order valence-electron chi connectivity index (χ3n) is 3.90. The number of hydrogen-bond acceptors (Lipinski definition) is 2. The molecule has 0 radical (unpaired) electrons. The van der Waals surface area contributed by atoms with Gasteiger partial charge in [0, 0.05) is 31.2 Å². The number of nitrogens with one attached hydrogen (secondary N) is 2. The van der Waals surface area contributed by atoms with Crippen LogP contribution in [0.15, 0.2) is 24.3 Å². The van der Waals surface area contributed by atoms with E-state index in [-0.39, 0.29) is 36.3 Å². The van der Waals surface area contributed by atoms with Crippen LogP contribution in [-0.4, -0.2) is 36.0 Å². The molecule has 5 nitrogen and oxygen atoms in total. The Hall–Kier alpha value is -2.11. The molecule has 0 aliphatic carbocycles. The van der Waals surface area contributed by atoms with Crippen molar-refractivity contribution in [2.24, 2.45) is 5.92 Å². The molecule has 0 saturated carbocycles. The molecule has 2 rings (SSSR count). The number of carbonyl (C=O) groups excluding carboxylic acids is 2. The molecule has 1 heterocycles. The fourth-order valence-corrected chi connectivity index (χ4v) is 2.68. The minimum Gasteiger partial charge on any atom is -0.352 e. The highest BCUT2D eigenvalue weighted by molar-refractivity contribution is 5.80. The second-order valence-electron chi connectivity index (χ2n) is 6.20. The van der Waals surface area contributed by atoms with E-state index in [0.29, 0.717) is 18.7 Å². The van der Waals surface area contributed by atoms with Gasteiger partial charge >= 0.3 is 6.03 Å². The fourth-order valence-electron chi connectivity index (χ4n) is 2.68. The summed E-state index contributed by atoms with van der Waals surface area (Å²) in [7, 11) is 0. The first-order valence-electron chi connectivity index (χ1n) is 8.04. The molecule has 1 aliphatic heterocycles. The van der Waals surface area contributed by atoms with E-state index < -0.39 is 0 Å². The van der Waals surface area contributed by atoms with Crippen molar-refractivity contribution in [2.75, 3.05) is 13.1 Å². The van der Waals surface area contributed by atoms with Gasteiger partial charge in [-0.3, -0.25) is 4.79 Å². The van der Waals surface area contributed by atoms with Gasteiger partial charge in [0.25, 0.3) is 0 Å². The minimum atomic E-state index is -0.325. The molecule has 3 amide bonds. The Bertz CT molecular complexity index is 563. The van der Waals surface area contributed by atoms with Crippen LogP contribution in [0.3, 0.4) is 0 Å². The lowest BCUT2D eigenvalue weighted by atomic mass is 9.97. The SMILES string of the molecule is CC(C)NC(=O)N1CCC[C@H](C(=O)NCc2ccccc2F)C1. The highest BCUT2D eigenvalue weighted by Crippen LogP contribution is 2.17. The third-order valence-corrected chi connectivity index (χ3v) is 3.90. The van der Waals surface area contributed by atoms with Gasteiger partial charge in [-0.1, -0.05) is 18.2 Å². The van der Waals surface area contributed by atoms with Gasteiger partial charge in [0.2, 0.25) is 5.91 Å². The molecule has 0 unspecified atom stereocenters. The first kappa shape index (κ1) is 17.2. The lowest BCUT2D eigenvalue weighted by molar-refractivity contribution is -0.126. The van der Waals surface area contributed by atoms with Gasteiger partial charge in [0.05, 0.1) is 5.92 Å². The predicted molar refractivity (Wildman–Crippen MR) is 86.2 cm³/mol. The quantitative estimate of drug-likeness (QED) is 0.894. The van der Waals surface area contributed by atoms with E-state index in [9.17, 15) is 14.0 Å². The van der Waals surface area contributed by atoms with Crippen molar-refractivity contribution >= 4 is 11.9 Å². The molecule has 0 aromatic heterocycles. The lowest BCUT2D eigenvalue weighted by Gasteiger charge is -2.32. The Morgan fingerprint density at radius 1 is 1.35 bits per heavy atom. The molecule has 126 valence electrons. The Labute approximate surface area is 136 Å². The topological polar surface area (TPSA) is 61.4 Å². The number of likely N-dealkylation sites (tertiary alicyclic amines) is 1. The van der Waals surface area contributed by atoms with Gasteiger partial charge in [-0.15, -0.1) is 0 Å². The van der Waals surface area contributed by atoms with Crippen LogP contribution >= 0.6 is 0 Å². The molecule has 1 aliphatic rings. The molecular formula is C17H24FN3O2. The summed E-state index contributed by atoms with van der Waals surface area (Å²) in [5.41, 5.74) is 0.464. The smallest absolute Gasteiger partial charge is 0.317 e. The summed E-state index contributed by atoms with van der Waals surface area (Å²) < 4.78 is 13.6. The number of nitrogens with zero attached hydrogens (tertiary/aromatic N) is 1. The van der Waals surface area contributed by atoms with Crippen molar-refractivity contribution in [3.05, 3.63) is 35.6 Å². The highest BCUT2D eigenvalue weighted by Gasteiger charge is 2.28. The van der Waals surface area contributed by atoms with Crippen LogP contribution in [0, 0.1) is 11.7 Å². The zero-order valence-corrected chi connectivity index (χ0v) is 13.6. The molecule has 6 heteroatoms. The molecule has 0 bridgehead atoms. The Balaban J connectivity index is 1.87. The van der Waals surface area contributed by atoms with Gasteiger partial charge in [-0.05, 0) is 32.8 Å². The molecule has 1 aromatic carbocycles. The van der Waals surface area contributed by atoms with E-state index in [1.807, 2.05) is 13.8 Å². The summed E-state index contributed by atoms with van der Waals surface area (Å²) in [5, 5.41) is 5.62. The largest absolute Gasteiger partial charge is 0.352 e. The summed E-state index contributed by atoms with van der Waals surface area (Å²) in [5.74, 6) is -0.696. The first-order valence-corrected chi connectivity index (χ1v) is 8.04. The average Bonchev–Trinajstić information content (AvgIpc) is 2.53. The van der Waals surface area contributed by atoms with Gasteiger partial charge in [0.1, 0.15) is 5.82 Å². The summed E-state index contributed by atoms with van der Waals surface area (Å²) >= 11 is 0. The van der Waals surface area contributed by atoms with Crippen molar-refractivity contribution in [2.45, 2.75) is 39.3 Å². The molecule has 2 N–H and O–H groups in total. The van der Waals surface area contributed by atoms with Crippen LogP contribution in [-0.2, 0) is 11.3 Å². The third kappa shape index (κ3) is 4.94. The number of benzene rings is 1. The maximum absolute atomic E-state index is 13.6. The Morgan fingerprint density at radius 2 is 2.09 bits per heavy atom. The molecule has 1 atom stereocenters. The predicted octanol–water partition coefficient (Wildman–Crippen LogP) is 2.27. The summed E-state index contributed by atoms with van der Waals surface area (Å²) in [4.78, 5) is 26.0. The minimum absolute atomic E-state index is 0.0674. The zero-order chi connectivity index (χ0) is 16.8. The number of hydrogen-bond donors (Lipinski definition) is 2. The highest BCUT2D eigenvalue weighted by atomic mass is 19.1. The first-order chi connectivity index (χ1) is 11.0. The van der Waals surface area contributed by atoms with Gasteiger partial charge < -0.3 is 15.5 Å². The number of urea groups is 1. The van der Waals surface area contributed by atoms with Crippen LogP contribution < -0.4 is 10.6 Å². The zero-order valence-electron chi connectivity index (χ0n) is 13.6. The number of amides is 3. The van der Waals surface area contributed by atoms with Gasteiger partial charge in [0.15, 0.2) is 0 Å². The van der Waals surface area contributed by atoms with Crippen molar-refractivity contribution in [1.82, 2.24) is 15.5 Å². The normalized spacial score (nSPS) is 17.9. The van der Waals surface area contributed by atoms with Gasteiger partial charge in [-0.2, -0.15) is 0 Å². The molecule has 1 fully saturated rings. The molecule has 23 heavy (non-hydrogen) atoms. The maximum atomic E-state index is 13.6. The maximum Gasteiger partial charge on any atom is 0.317 e. The Kier molecular flexibility index (Phi) is 5.96. The standard InChI is InChI=1S/C17H24FN3O2/c1-12(2)20-17(23)21-9-5-7-14(11-21)16(22)19-10-13-6-3-4-8-15(13)18/h3-4,6,8,12,14H,5,7,9-11H2,1-2H3,(H,19,22)(H,20,23)/t14-/m0/s1. The number of carbonyl (C=O) groups is 2. The van der Waals surface area contributed by atoms with Crippen LogP contribution in [0.4, 0.5) is 9.18 Å². The van der Waals surface area contributed by atoms with Crippen LogP contribution in [0.5, 0.6) is 0 Å². The van der Waals surface area contributed by atoms with Crippen LogP contribution in [0.1, 0.15) is 32.3 Å². The average molecular weight is 321 g/mol. The van der Waals surface area contributed by atoms with Gasteiger partial charge in [-0.25, -0.2) is 9.18 Å². The number of piperidine rings is 1. The van der Waals surface area contributed by atoms with Crippen molar-refractivity contribution < 1.29 is 14.0 Å². The van der Waals surface area contributed by atoms with E-state index in [4.69, 9.17) is 0 Å². The second-order valence-corrected chi connectivity index (χ2v) is 6.20. The van der Waals surface area contributed by atoms with E-state index in [1.165, 1.54) is 6.07 Å². The van der Waals surface area contributed by atoms with E-state index in [2.05, 4.69) is 10.6 Å². The molecule has 1 saturated heterocycles. The van der Waals surface area contributed by atoms with E-state index >= 15 is 0 Å². The Morgan fingerprint density at radius 3 is 2.78 bits per heavy atom. The lowest BCUT2D eigenvalue weighted by Crippen LogP contribution is -2.50. The monoisotopic (exact) mass is 321 g/mol. The molecule has 0 spiro atoms. The fraction of sp³-hybridized carbons (Fsp3) is 0.529. The number of halogens is 1. The number of rotatable bonds is 4. The summed E-state index contributed by atoms with van der Waals surface area (Å²) in [6.07, 6.45) is 1.54. The van der Waals surface area contributed by atoms with E-state index in [0.717, 1.165) is 12.8 Å². The van der Waals surface area contributed by atoms with Crippen molar-refractivity contribution in [1.29, 1.82) is 0 Å². The van der Waals surface area contributed by atoms with Crippen molar-refractivity contribution in [3.8, 4) is 0 Å². The molecule has 1 aromatic rings. The van der Waals surface area contributed by atoms with Crippen molar-refractivity contribution in [3.63, 3.8) is 0 Å². The van der Waals surface area contributed by atoms with E-state index in [1.54, 1.807) is 23.1 Å². The summed E-state index contributed by atoms with van der Waals surface area (Å²) in [6.45, 7) is 5.04. The molecular weight excluding hydrogens is 297 g/mol. The summed E-state index contributed by atoms with van der Waals surface area (Å²) in [6, 6.07) is 6.32. The van der Waals surface area contributed by atoms with Crippen LogP contribution in [0.25, 0.3) is 0 Å². The second kappa shape index (κ2) is 7.94. The van der Waals surface area contributed by atoms with Crippen LogP contribution in [0.2, 0.25) is 0 Å².